The number of halogens is 7. The second-order valence-electron chi connectivity index (χ2n) is 9.86. The van der Waals surface area contributed by atoms with E-state index in [-0.39, 0.29) is 35.7 Å². The molecule has 0 fully saturated rings. The number of carboxylic acids is 1. The summed E-state index contributed by atoms with van der Waals surface area (Å²) in [6.45, 7) is -0.0742. The maximum atomic E-state index is 13.5. The molecule has 2 heterocycles. The lowest BCUT2D eigenvalue weighted by Crippen LogP contribution is -2.41. The third-order valence-corrected chi connectivity index (χ3v) is 6.65. The predicted molar refractivity (Wildman–Crippen MR) is 150 cm³/mol. The molecular weight excluding hydrogens is 651 g/mol. The number of hydrogen-bond donors (Lipinski definition) is 5. The zero-order valence-electron chi connectivity index (χ0n) is 24.0. The number of hydrogen-bond acceptors (Lipinski definition) is 9. The molecule has 20 heteroatoms. The fraction of sp³-hybridized carbons (Fsp3) is 0.333. The smallest absolute Gasteiger partial charge is 0.475 e. The van der Waals surface area contributed by atoms with E-state index in [2.05, 4.69) is 20.7 Å². The Morgan fingerprint density at radius 1 is 1.11 bits per heavy atom. The highest BCUT2D eigenvalue weighted by Crippen LogP contribution is 2.37. The lowest BCUT2D eigenvalue weighted by atomic mass is 9.87. The Bertz CT molecular complexity index is 1670. The van der Waals surface area contributed by atoms with Gasteiger partial charge in [-0.05, 0) is 29.8 Å². The normalized spacial score (nSPS) is 16.1. The van der Waals surface area contributed by atoms with Gasteiger partial charge in [0, 0.05) is 16.9 Å². The van der Waals surface area contributed by atoms with Gasteiger partial charge in [0.05, 0.1) is 49.6 Å². The third kappa shape index (κ3) is 9.07. The number of nitrogens with one attached hydrogen (secondary N) is 2. The van der Waals surface area contributed by atoms with Gasteiger partial charge in [0.15, 0.2) is 5.96 Å². The van der Waals surface area contributed by atoms with Crippen molar-refractivity contribution >= 4 is 46.3 Å². The van der Waals surface area contributed by atoms with E-state index < -0.39 is 66.2 Å². The highest BCUT2D eigenvalue weighted by atomic mass is 19.4. The van der Waals surface area contributed by atoms with Crippen LogP contribution in [-0.4, -0.2) is 77.1 Å². The van der Waals surface area contributed by atoms with Crippen molar-refractivity contribution in [2.75, 3.05) is 25.5 Å². The minimum absolute atomic E-state index is 0.00976. The molecule has 0 aliphatic carbocycles. The predicted octanol–water partition coefficient (Wildman–Crippen LogP) is 2.87. The van der Waals surface area contributed by atoms with Gasteiger partial charge in [-0.2, -0.15) is 31.4 Å². The van der Waals surface area contributed by atoms with E-state index >= 15 is 0 Å². The van der Waals surface area contributed by atoms with Gasteiger partial charge in [0.1, 0.15) is 12.2 Å². The van der Waals surface area contributed by atoms with E-state index in [0.717, 1.165) is 31.4 Å². The van der Waals surface area contributed by atoms with Crippen LogP contribution in [0.2, 0.25) is 0 Å². The Hall–Kier alpha value is -5.43. The molecule has 2 aromatic carbocycles. The summed E-state index contributed by atoms with van der Waals surface area (Å²) in [6, 6.07) is 5.32. The number of aromatic nitrogens is 2. The zero-order chi connectivity index (χ0) is 35.3. The monoisotopic (exact) mass is 677 g/mol. The number of aliphatic carboxylic acids is 1. The molecule has 3 atom stereocenters. The molecule has 7 N–H and O–H groups in total. The second-order valence-corrected chi connectivity index (χ2v) is 9.86. The molecular formula is C27H26F7N7O6. The number of alkyl halides is 7. The Balaban J connectivity index is 0.000000771. The van der Waals surface area contributed by atoms with Gasteiger partial charge in [0.2, 0.25) is 11.8 Å². The number of methoxy groups -OCH3 is 1. The molecule has 4 rings (SSSR count). The molecule has 1 aliphatic rings. The number of nitrogens with zero attached hydrogens (tertiary/aromatic N) is 3. The molecule has 47 heavy (non-hydrogen) atoms. The highest BCUT2D eigenvalue weighted by Gasteiger charge is 2.38. The van der Waals surface area contributed by atoms with Crippen molar-refractivity contribution in [3.8, 4) is 0 Å². The van der Waals surface area contributed by atoms with Gasteiger partial charge in [-0.15, -0.1) is 0 Å². The maximum absolute atomic E-state index is 13.5. The summed E-state index contributed by atoms with van der Waals surface area (Å²) >= 11 is 0. The van der Waals surface area contributed by atoms with E-state index in [4.69, 9.17) is 26.1 Å². The van der Waals surface area contributed by atoms with E-state index in [1.54, 1.807) is 0 Å². The maximum Gasteiger partial charge on any atom is 0.490 e. The van der Waals surface area contributed by atoms with E-state index in [9.17, 15) is 45.1 Å². The molecule has 2 unspecified atom stereocenters. The molecule has 0 saturated heterocycles. The molecule has 254 valence electrons. The highest BCUT2D eigenvalue weighted by molar-refractivity contribution is 6.07. The summed E-state index contributed by atoms with van der Waals surface area (Å²) < 4.78 is 90.6. The number of aliphatic imine (C=N–C) groups is 1. The number of guanidine groups is 1. The van der Waals surface area contributed by atoms with E-state index in [0.29, 0.717) is 11.1 Å². The first-order valence-electron chi connectivity index (χ1n) is 13.2. The Labute approximate surface area is 259 Å². The summed E-state index contributed by atoms with van der Waals surface area (Å²) in [5.41, 5.74) is 11.1. The lowest BCUT2D eigenvalue weighted by molar-refractivity contribution is -0.192. The average molecular weight is 678 g/mol. The SMILES string of the molecule is COC(=O)C[C@@H](c1ccc(C(F)(F)F)cc1)C(C(N)=O)n1ncc2c(NC3=NCC(F)CN3)cc(C(N)=O)cc21.O=C(O)C(F)(F)F. The summed E-state index contributed by atoms with van der Waals surface area (Å²) in [6.07, 6.45) is -9.92. The van der Waals surface area contributed by atoms with Gasteiger partial charge in [0.25, 0.3) is 0 Å². The van der Waals surface area contributed by atoms with Crippen LogP contribution >= 0.6 is 0 Å². The minimum Gasteiger partial charge on any atom is -0.475 e. The van der Waals surface area contributed by atoms with Gasteiger partial charge in [-0.1, -0.05) is 12.1 Å². The van der Waals surface area contributed by atoms with Crippen LogP contribution in [0.1, 0.15) is 39.9 Å². The van der Waals surface area contributed by atoms with Crippen LogP contribution < -0.4 is 22.1 Å². The number of carbonyl (C=O) groups excluding carboxylic acids is 3. The molecule has 0 radical (unpaired) electrons. The summed E-state index contributed by atoms with van der Waals surface area (Å²) in [5.74, 6) is -6.15. The van der Waals surface area contributed by atoms with Crippen LogP contribution in [0.3, 0.4) is 0 Å². The van der Waals surface area contributed by atoms with Crippen LogP contribution in [0.15, 0.2) is 47.6 Å². The number of carbonyl (C=O) groups is 4. The first-order chi connectivity index (χ1) is 21.8. The number of fused-ring (bicyclic) bond motifs is 1. The molecule has 1 aromatic heterocycles. The van der Waals surface area contributed by atoms with Crippen LogP contribution in [0.5, 0.6) is 0 Å². The molecule has 0 saturated carbocycles. The number of primary amides is 2. The number of rotatable bonds is 8. The fourth-order valence-electron chi connectivity index (χ4n) is 4.43. The molecule has 3 aromatic rings. The first-order valence-corrected chi connectivity index (χ1v) is 13.2. The molecule has 0 bridgehead atoms. The van der Waals surface area contributed by atoms with Crippen molar-refractivity contribution in [2.24, 2.45) is 16.5 Å². The number of benzene rings is 2. The van der Waals surface area contributed by atoms with E-state index in [1.165, 1.54) is 23.0 Å². The Morgan fingerprint density at radius 3 is 2.19 bits per heavy atom. The number of nitrogens with two attached hydrogens (primary N) is 2. The van der Waals surface area contributed by atoms with Gasteiger partial charge < -0.3 is 31.9 Å². The van der Waals surface area contributed by atoms with Crippen molar-refractivity contribution in [1.29, 1.82) is 0 Å². The molecule has 13 nitrogen and oxygen atoms in total. The Morgan fingerprint density at radius 2 is 1.72 bits per heavy atom. The summed E-state index contributed by atoms with van der Waals surface area (Å²) in [7, 11) is 1.12. The summed E-state index contributed by atoms with van der Waals surface area (Å²) in [4.78, 5) is 50.3. The summed E-state index contributed by atoms with van der Waals surface area (Å²) in [5, 5.41) is 17.5. The number of anilines is 1. The fourth-order valence-corrected chi connectivity index (χ4v) is 4.43. The Kier molecular flexibility index (Phi) is 11.0. The second kappa shape index (κ2) is 14.3. The van der Waals surface area contributed by atoms with Crippen LogP contribution in [0.25, 0.3) is 10.9 Å². The van der Waals surface area contributed by atoms with Crippen LogP contribution in [0, 0.1) is 0 Å². The number of ether oxygens (including phenoxy) is 1. The largest absolute Gasteiger partial charge is 0.490 e. The zero-order valence-corrected chi connectivity index (χ0v) is 24.0. The third-order valence-electron chi connectivity index (χ3n) is 6.65. The van der Waals surface area contributed by atoms with Gasteiger partial charge in [-0.25, -0.2) is 14.2 Å². The number of esters is 1. The average Bonchev–Trinajstić information content (AvgIpc) is 3.41. The quantitative estimate of drug-likeness (QED) is 0.175. The van der Waals surface area contributed by atoms with Crippen LogP contribution in [-0.2, 0) is 25.3 Å². The van der Waals surface area contributed by atoms with Crippen molar-refractivity contribution in [2.45, 2.75) is 36.9 Å². The van der Waals surface area contributed by atoms with E-state index in [1.807, 2.05) is 0 Å². The molecule has 0 spiro atoms. The number of amides is 2. The standard InChI is InChI=1S/C25H25F4N7O4.C2HF3O2/c1-40-20(37)8-16(12-2-4-14(5-3-12)25(27,28)29)21(23(31)39)36-19-7-13(22(30)38)6-18(17(19)11-34-36)35-24-32-9-15(26)10-33-24;3-2(4,5)1(6)7/h2-7,11,15-16,21H,8-10H2,1H3,(H2,30,38)(H2,31,39)(H2,32,33,35);(H,6,7)/t16-,21?;/m0./s1. The molecule has 2 amide bonds. The van der Waals surface area contributed by atoms with Gasteiger partial charge in [-0.3, -0.25) is 19.1 Å². The lowest BCUT2D eigenvalue weighted by Gasteiger charge is -2.26. The van der Waals surface area contributed by atoms with Crippen LogP contribution in [0.4, 0.5) is 36.4 Å². The first kappa shape index (κ1) is 36.0. The van der Waals surface area contributed by atoms with Crippen molar-refractivity contribution < 1.29 is 59.8 Å². The number of carboxylic acid groups (broad SMARTS) is 1. The van der Waals surface area contributed by atoms with Gasteiger partial charge >= 0.3 is 24.3 Å². The minimum atomic E-state index is -5.08. The molecule has 1 aliphatic heterocycles. The van der Waals surface area contributed by atoms with Crippen molar-refractivity contribution in [3.63, 3.8) is 0 Å². The van der Waals surface area contributed by atoms with Crippen molar-refractivity contribution in [3.05, 3.63) is 59.3 Å². The van der Waals surface area contributed by atoms with Crippen molar-refractivity contribution in [1.82, 2.24) is 15.1 Å². The topological polar surface area (TPSA) is 204 Å².